The molecule has 0 aliphatic rings. The minimum atomic E-state index is 0.484. The third-order valence-electron chi connectivity index (χ3n) is 1.53. The number of nitrogen functional groups attached to an aromatic ring is 1. The molecular formula is C8H11BrN2. The van der Waals surface area contributed by atoms with Crippen molar-refractivity contribution in [2.45, 2.75) is 19.8 Å². The second kappa shape index (κ2) is 3.22. The fraction of sp³-hybridized carbons (Fsp3) is 0.375. The van der Waals surface area contributed by atoms with E-state index in [1.807, 2.05) is 12.3 Å². The molecule has 11 heavy (non-hydrogen) atoms. The Labute approximate surface area is 75.0 Å². The molecule has 0 aliphatic carbocycles. The van der Waals surface area contributed by atoms with Gasteiger partial charge in [0.25, 0.3) is 0 Å². The van der Waals surface area contributed by atoms with Crippen LogP contribution >= 0.6 is 15.9 Å². The van der Waals surface area contributed by atoms with E-state index in [9.17, 15) is 0 Å². The van der Waals surface area contributed by atoms with Crippen LogP contribution in [0.25, 0.3) is 0 Å². The van der Waals surface area contributed by atoms with Gasteiger partial charge in [-0.05, 0) is 17.5 Å². The van der Waals surface area contributed by atoms with Crippen molar-refractivity contribution in [1.82, 2.24) is 4.98 Å². The van der Waals surface area contributed by atoms with Gasteiger partial charge in [0.15, 0.2) is 0 Å². The molecule has 2 nitrogen and oxygen atoms in total. The Hall–Kier alpha value is -0.570. The van der Waals surface area contributed by atoms with Crippen LogP contribution in [0.3, 0.4) is 0 Å². The Bertz CT molecular complexity index is 258. The molecule has 0 bridgehead atoms. The van der Waals surface area contributed by atoms with Crippen molar-refractivity contribution in [1.29, 1.82) is 0 Å². The summed E-state index contributed by atoms with van der Waals surface area (Å²) in [6.45, 7) is 4.25. The van der Waals surface area contributed by atoms with Crippen LogP contribution in [0.5, 0.6) is 0 Å². The normalized spacial score (nSPS) is 10.5. The zero-order valence-corrected chi connectivity index (χ0v) is 8.22. The van der Waals surface area contributed by atoms with Crippen LogP contribution in [-0.4, -0.2) is 4.98 Å². The largest absolute Gasteiger partial charge is 0.384 e. The van der Waals surface area contributed by atoms with Gasteiger partial charge in [0.05, 0.1) is 0 Å². The first-order chi connectivity index (χ1) is 5.11. The highest BCUT2D eigenvalue weighted by molar-refractivity contribution is 9.10. The molecule has 0 aliphatic heterocycles. The van der Waals surface area contributed by atoms with Gasteiger partial charge in [-0.15, -0.1) is 0 Å². The third-order valence-corrected chi connectivity index (χ3v) is 2.21. The summed E-state index contributed by atoms with van der Waals surface area (Å²) in [6.07, 6.45) is 1.81. The van der Waals surface area contributed by atoms with Crippen molar-refractivity contribution >= 4 is 21.7 Å². The average Bonchev–Trinajstić information content (AvgIpc) is 1.85. The number of aromatic nitrogens is 1. The standard InChI is InChI=1S/C8H11BrN2/c1-5(2)6-4-11-8(10)3-7(6)9/h3-5H,1-2H3,(H2,10,11). The molecular weight excluding hydrogens is 204 g/mol. The van der Waals surface area contributed by atoms with Gasteiger partial charge in [-0.25, -0.2) is 4.98 Å². The minimum absolute atomic E-state index is 0.484. The summed E-state index contributed by atoms with van der Waals surface area (Å²) in [5.74, 6) is 1.04. The predicted octanol–water partition coefficient (Wildman–Crippen LogP) is 2.55. The number of anilines is 1. The summed E-state index contributed by atoms with van der Waals surface area (Å²) in [7, 11) is 0. The van der Waals surface area contributed by atoms with E-state index in [0.29, 0.717) is 11.7 Å². The molecule has 1 aromatic rings. The van der Waals surface area contributed by atoms with E-state index in [4.69, 9.17) is 5.73 Å². The number of nitrogens with zero attached hydrogens (tertiary/aromatic N) is 1. The fourth-order valence-corrected chi connectivity index (χ4v) is 1.68. The Morgan fingerprint density at radius 2 is 2.18 bits per heavy atom. The van der Waals surface area contributed by atoms with Gasteiger partial charge >= 0.3 is 0 Å². The molecule has 2 N–H and O–H groups in total. The zero-order chi connectivity index (χ0) is 8.43. The lowest BCUT2D eigenvalue weighted by Gasteiger charge is -2.06. The molecule has 1 aromatic heterocycles. The molecule has 0 amide bonds. The SMILES string of the molecule is CC(C)c1cnc(N)cc1Br. The molecule has 60 valence electrons. The van der Waals surface area contributed by atoms with Gasteiger partial charge < -0.3 is 5.73 Å². The summed E-state index contributed by atoms with van der Waals surface area (Å²) >= 11 is 3.43. The van der Waals surface area contributed by atoms with Gasteiger partial charge in [-0.1, -0.05) is 29.8 Å². The number of halogens is 1. The molecule has 1 heterocycles. The monoisotopic (exact) mass is 214 g/mol. The number of rotatable bonds is 1. The second-order valence-corrected chi connectivity index (χ2v) is 3.64. The maximum atomic E-state index is 5.49. The summed E-state index contributed by atoms with van der Waals surface area (Å²) in [4.78, 5) is 4.01. The van der Waals surface area contributed by atoms with Gasteiger partial charge in [0, 0.05) is 10.7 Å². The number of hydrogen-bond donors (Lipinski definition) is 1. The second-order valence-electron chi connectivity index (χ2n) is 2.79. The molecule has 0 radical (unpaired) electrons. The molecule has 3 heteroatoms. The smallest absolute Gasteiger partial charge is 0.124 e. The lowest BCUT2D eigenvalue weighted by atomic mass is 10.1. The first-order valence-corrected chi connectivity index (χ1v) is 4.31. The molecule has 0 fully saturated rings. The molecule has 0 saturated heterocycles. The first kappa shape index (κ1) is 8.53. The Kier molecular flexibility index (Phi) is 2.49. The Morgan fingerprint density at radius 1 is 1.55 bits per heavy atom. The van der Waals surface area contributed by atoms with E-state index in [1.54, 1.807) is 0 Å². The van der Waals surface area contributed by atoms with E-state index in [-0.39, 0.29) is 0 Å². The van der Waals surface area contributed by atoms with Gasteiger partial charge in [-0.3, -0.25) is 0 Å². The van der Waals surface area contributed by atoms with Crippen molar-refractivity contribution in [2.75, 3.05) is 5.73 Å². The molecule has 0 unspecified atom stereocenters. The highest BCUT2D eigenvalue weighted by Crippen LogP contribution is 2.24. The Balaban J connectivity index is 3.09. The summed E-state index contributed by atoms with van der Waals surface area (Å²) in [5.41, 5.74) is 6.68. The molecule has 0 spiro atoms. The summed E-state index contributed by atoms with van der Waals surface area (Å²) < 4.78 is 1.04. The van der Waals surface area contributed by atoms with Gasteiger partial charge in [-0.2, -0.15) is 0 Å². The van der Waals surface area contributed by atoms with Gasteiger partial charge in [0.2, 0.25) is 0 Å². The lowest BCUT2D eigenvalue weighted by molar-refractivity contribution is 0.853. The average molecular weight is 215 g/mol. The van der Waals surface area contributed by atoms with Crippen molar-refractivity contribution < 1.29 is 0 Å². The first-order valence-electron chi connectivity index (χ1n) is 3.52. The fourth-order valence-electron chi connectivity index (χ4n) is 0.881. The molecule has 0 atom stereocenters. The van der Waals surface area contributed by atoms with Crippen LogP contribution in [0, 0.1) is 0 Å². The minimum Gasteiger partial charge on any atom is -0.384 e. The predicted molar refractivity (Wildman–Crippen MR) is 50.4 cm³/mol. The molecule has 0 aromatic carbocycles. The topological polar surface area (TPSA) is 38.9 Å². The van der Waals surface area contributed by atoms with Gasteiger partial charge in [0.1, 0.15) is 5.82 Å². The lowest BCUT2D eigenvalue weighted by Crippen LogP contribution is -1.94. The van der Waals surface area contributed by atoms with E-state index in [2.05, 4.69) is 34.8 Å². The molecule has 1 rings (SSSR count). The number of pyridine rings is 1. The molecule has 0 saturated carbocycles. The quantitative estimate of drug-likeness (QED) is 0.781. The van der Waals surface area contributed by atoms with Crippen molar-refractivity contribution in [3.8, 4) is 0 Å². The van der Waals surface area contributed by atoms with Crippen LogP contribution in [0.4, 0.5) is 5.82 Å². The van der Waals surface area contributed by atoms with E-state index in [1.165, 1.54) is 5.56 Å². The van der Waals surface area contributed by atoms with Crippen LogP contribution in [0.1, 0.15) is 25.3 Å². The maximum absolute atomic E-state index is 5.49. The summed E-state index contributed by atoms with van der Waals surface area (Å²) in [6, 6.07) is 1.83. The number of hydrogen-bond acceptors (Lipinski definition) is 2. The van der Waals surface area contributed by atoms with E-state index < -0.39 is 0 Å². The maximum Gasteiger partial charge on any atom is 0.124 e. The van der Waals surface area contributed by atoms with Crippen LogP contribution < -0.4 is 5.73 Å². The van der Waals surface area contributed by atoms with Crippen LogP contribution in [0.2, 0.25) is 0 Å². The van der Waals surface area contributed by atoms with Crippen molar-refractivity contribution in [3.63, 3.8) is 0 Å². The number of nitrogens with two attached hydrogens (primary N) is 1. The highest BCUT2D eigenvalue weighted by Gasteiger charge is 2.04. The van der Waals surface area contributed by atoms with E-state index >= 15 is 0 Å². The third kappa shape index (κ3) is 1.93. The Morgan fingerprint density at radius 3 is 2.64 bits per heavy atom. The van der Waals surface area contributed by atoms with Crippen molar-refractivity contribution in [3.05, 3.63) is 22.3 Å². The highest BCUT2D eigenvalue weighted by atomic mass is 79.9. The van der Waals surface area contributed by atoms with Crippen molar-refractivity contribution in [2.24, 2.45) is 0 Å². The zero-order valence-electron chi connectivity index (χ0n) is 6.63. The van der Waals surface area contributed by atoms with Crippen LogP contribution in [0.15, 0.2) is 16.7 Å². The van der Waals surface area contributed by atoms with E-state index in [0.717, 1.165) is 4.47 Å². The summed E-state index contributed by atoms with van der Waals surface area (Å²) in [5, 5.41) is 0. The van der Waals surface area contributed by atoms with Crippen LogP contribution in [-0.2, 0) is 0 Å².